The van der Waals surface area contributed by atoms with Gasteiger partial charge in [0.2, 0.25) is 0 Å². The van der Waals surface area contributed by atoms with Crippen LogP contribution in [0.2, 0.25) is 0 Å². The summed E-state index contributed by atoms with van der Waals surface area (Å²) >= 11 is 0. The van der Waals surface area contributed by atoms with E-state index < -0.39 is 0 Å². The van der Waals surface area contributed by atoms with Crippen molar-refractivity contribution in [2.75, 3.05) is 91.6 Å². The molecule has 15 aliphatic rings. The van der Waals surface area contributed by atoms with E-state index in [0.29, 0.717) is 0 Å². The fraction of sp³-hybridized carbons (Fsp3) is 0.657. The van der Waals surface area contributed by atoms with Crippen LogP contribution in [0.15, 0.2) is 48.5 Å². The Balaban J connectivity index is 1.17. The monoisotopic (exact) mass is 530 g/mol. The Morgan fingerprint density at radius 2 is 0.615 bits per heavy atom. The second-order valence-corrected chi connectivity index (χ2v) is 14.6. The number of benzene rings is 2. The van der Waals surface area contributed by atoms with Crippen LogP contribution in [0, 0.1) is 0 Å². The maximum absolute atomic E-state index is 2.46. The molecule has 0 atom stereocenters. The molecule has 15 heterocycles. The second-order valence-electron chi connectivity index (χ2n) is 14.6. The number of hydrogen-bond acceptors (Lipinski definition) is 0. The van der Waals surface area contributed by atoms with Gasteiger partial charge in [0.05, 0.1) is 13.1 Å². The molecule has 4 bridgehead atoms. The van der Waals surface area contributed by atoms with Crippen molar-refractivity contribution in [3.05, 3.63) is 59.7 Å². The number of nitrogens with zero attached hydrogens (tertiary/aromatic N) is 4. The highest BCUT2D eigenvalue weighted by Crippen LogP contribution is 2.36. The van der Waals surface area contributed by atoms with E-state index in [2.05, 4.69) is 48.5 Å². The fourth-order valence-electron chi connectivity index (χ4n) is 9.38. The average Bonchev–Trinajstić information content (AvgIpc) is 2.99. The molecule has 39 heavy (non-hydrogen) atoms. The Morgan fingerprint density at radius 3 is 1.00 bits per heavy atom. The fourth-order valence-corrected chi connectivity index (χ4v) is 9.38. The van der Waals surface area contributed by atoms with Crippen molar-refractivity contribution in [3.8, 4) is 11.1 Å². The van der Waals surface area contributed by atoms with Crippen LogP contribution in [0.25, 0.3) is 11.1 Å². The minimum atomic E-state index is 1.23. The van der Waals surface area contributed by atoms with E-state index in [1.165, 1.54) is 179 Å². The molecule has 210 valence electrons. The van der Waals surface area contributed by atoms with Gasteiger partial charge in [0, 0.05) is 11.1 Å². The highest BCUT2D eigenvalue weighted by atomic mass is 15.5. The molecule has 6 saturated heterocycles. The Kier molecular flexibility index (Phi) is 7.12. The predicted octanol–water partition coefficient (Wildman–Crippen LogP) is 5.42. The van der Waals surface area contributed by atoms with Crippen LogP contribution >= 0.6 is 0 Å². The Morgan fingerprint density at radius 1 is 0.308 bits per heavy atom. The van der Waals surface area contributed by atoms with Gasteiger partial charge in [-0.3, -0.25) is 0 Å². The molecule has 15 aliphatic heterocycles. The molecule has 0 aromatic heterocycles. The van der Waals surface area contributed by atoms with Gasteiger partial charge >= 0.3 is 0 Å². The molecule has 4 heteroatoms. The summed E-state index contributed by atoms with van der Waals surface area (Å²) in [7, 11) is 0. The van der Waals surface area contributed by atoms with Crippen molar-refractivity contribution >= 4 is 0 Å². The van der Waals surface area contributed by atoms with Gasteiger partial charge in [-0.1, -0.05) is 67.8 Å². The van der Waals surface area contributed by atoms with E-state index in [1.54, 1.807) is 11.1 Å². The molecule has 6 fully saturated rings. The molecule has 0 radical (unpaired) electrons. The van der Waals surface area contributed by atoms with Crippen molar-refractivity contribution in [3.63, 3.8) is 0 Å². The van der Waals surface area contributed by atoms with Crippen molar-refractivity contribution in [2.45, 2.75) is 58.0 Å². The van der Waals surface area contributed by atoms with Gasteiger partial charge in [-0.25, -0.2) is 0 Å². The van der Waals surface area contributed by atoms with Gasteiger partial charge in [0.25, 0.3) is 0 Å². The summed E-state index contributed by atoms with van der Waals surface area (Å²) in [6, 6.07) is 19.0. The smallest absolute Gasteiger partial charge is 0.129 e. The minimum Gasteiger partial charge on any atom is -0.310 e. The highest BCUT2D eigenvalue weighted by molar-refractivity contribution is 5.70. The lowest BCUT2D eigenvalue weighted by molar-refractivity contribution is -1.09. The molecular formula is C35H54N4+4. The van der Waals surface area contributed by atoms with Gasteiger partial charge in [0.1, 0.15) is 91.6 Å². The molecule has 17 rings (SSSR count). The quantitative estimate of drug-likeness (QED) is 0.399. The van der Waals surface area contributed by atoms with Gasteiger partial charge in [-0.2, -0.15) is 0 Å². The summed E-state index contributed by atoms with van der Waals surface area (Å²) in [6.07, 6.45) is 10.3. The van der Waals surface area contributed by atoms with Crippen LogP contribution in [0.1, 0.15) is 56.1 Å². The SMILES string of the molecule is c1ccc2c(c1)C[N+]13CC[N+](CCCCCCCCC[N+]45CC[N+](CC4)(CC5)Cc4ccccc4-2)(CC1)CC3. The first-order valence-electron chi connectivity index (χ1n) is 16.7. The first-order chi connectivity index (χ1) is 19.1. The molecule has 0 saturated carbocycles. The van der Waals surface area contributed by atoms with E-state index >= 15 is 0 Å². The zero-order valence-electron chi connectivity index (χ0n) is 24.7. The summed E-state index contributed by atoms with van der Waals surface area (Å²) < 4.78 is 5.54. The van der Waals surface area contributed by atoms with E-state index in [9.17, 15) is 0 Å². The lowest BCUT2D eigenvalue weighted by Crippen LogP contribution is -2.74. The molecule has 4 nitrogen and oxygen atoms in total. The minimum absolute atomic E-state index is 1.23. The number of quaternary nitrogens is 4. The topological polar surface area (TPSA) is 0 Å². The molecular weight excluding hydrogens is 476 g/mol. The predicted molar refractivity (Wildman–Crippen MR) is 161 cm³/mol. The van der Waals surface area contributed by atoms with Crippen molar-refractivity contribution in [1.29, 1.82) is 0 Å². The van der Waals surface area contributed by atoms with Crippen LogP contribution < -0.4 is 0 Å². The Hall–Kier alpha value is -1.72. The third-order valence-electron chi connectivity index (χ3n) is 12.4. The Bertz CT molecular complexity index is 1020. The third kappa shape index (κ3) is 5.23. The Labute approximate surface area is 238 Å². The first kappa shape index (κ1) is 26.2. The summed E-state index contributed by atoms with van der Waals surface area (Å²) in [5.41, 5.74) is 6.23. The molecule has 2 aromatic rings. The van der Waals surface area contributed by atoms with Gasteiger partial charge in [-0.05, 0) is 36.8 Å². The van der Waals surface area contributed by atoms with Gasteiger partial charge in [0.15, 0.2) is 0 Å². The summed E-state index contributed by atoms with van der Waals surface area (Å²) in [5, 5.41) is 0. The molecule has 0 spiro atoms. The standard InChI is InChI=1S/C35H54N4/c1-2-4-10-16-36-18-24-38(25-19-36,26-20-36)30-32-12-6-8-14-34(32)35-15-9-7-13-33(35)31-39-27-21-37(22-28-39,23-29-39)17-11-5-3-1/h6-9,12-15H,1-5,10-11,16-31H2/q+4. The molecule has 0 amide bonds. The summed E-state index contributed by atoms with van der Waals surface area (Å²) in [5.74, 6) is 0. The van der Waals surface area contributed by atoms with Gasteiger partial charge in [-0.15, -0.1) is 0 Å². The third-order valence-corrected chi connectivity index (χ3v) is 12.4. The lowest BCUT2D eigenvalue weighted by Gasteiger charge is -2.56. The molecule has 2 aromatic carbocycles. The zero-order valence-corrected chi connectivity index (χ0v) is 24.7. The van der Waals surface area contributed by atoms with Crippen LogP contribution in [-0.2, 0) is 13.1 Å². The van der Waals surface area contributed by atoms with Crippen LogP contribution in [-0.4, -0.2) is 110 Å². The summed E-state index contributed by atoms with van der Waals surface area (Å²) in [6.45, 7) is 22.2. The highest BCUT2D eigenvalue weighted by Gasteiger charge is 2.50. The number of rotatable bonds is 0. The van der Waals surface area contributed by atoms with Crippen LogP contribution in [0.5, 0.6) is 0 Å². The first-order valence-corrected chi connectivity index (χ1v) is 16.7. The van der Waals surface area contributed by atoms with E-state index in [-0.39, 0.29) is 0 Å². The lowest BCUT2D eigenvalue weighted by atomic mass is 9.92. The number of hydrogen-bond donors (Lipinski definition) is 0. The van der Waals surface area contributed by atoms with Crippen molar-refractivity contribution in [2.24, 2.45) is 0 Å². The average molecular weight is 531 g/mol. The zero-order chi connectivity index (χ0) is 26.2. The van der Waals surface area contributed by atoms with Crippen molar-refractivity contribution < 1.29 is 17.9 Å². The maximum atomic E-state index is 2.46. The molecule has 0 N–H and O–H groups in total. The van der Waals surface area contributed by atoms with E-state index in [0.717, 1.165) is 0 Å². The summed E-state index contributed by atoms with van der Waals surface area (Å²) in [4.78, 5) is 0. The normalized spacial score (nSPS) is 37.3. The van der Waals surface area contributed by atoms with Crippen LogP contribution in [0.3, 0.4) is 0 Å². The maximum Gasteiger partial charge on any atom is 0.129 e. The van der Waals surface area contributed by atoms with Gasteiger partial charge < -0.3 is 17.9 Å². The molecule has 0 aliphatic carbocycles. The number of piperazine rings is 6. The second kappa shape index (κ2) is 10.6. The van der Waals surface area contributed by atoms with Crippen molar-refractivity contribution in [1.82, 2.24) is 0 Å². The van der Waals surface area contributed by atoms with E-state index in [1.807, 2.05) is 0 Å². The van der Waals surface area contributed by atoms with Crippen LogP contribution in [0.4, 0.5) is 0 Å². The molecule has 0 unspecified atom stereocenters. The largest absolute Gasteiger partial charge is 0.310 e. The van der Waals surface area contributed by atoms with E-state index in [4.69, 9.17) is 0 Å².